The fourth-order valence-electron chi connectivity index (χ4n) is 2.72. The van der Waals surface area contributed by atoms with E-state index in [1.807, 2.05) is 24.3 Å². The quantitative estimate of drug-likeness (QED) is 0.541. The predicted octanol–water partition coefficient (Wildman–Crippen LogP) is 3.82. The number of sulfonamides is 1. The second kappa shape index (κ2) is 8.34. The first-order chi connectivity index (χ1) is 13.4. The monoisotopic (exact) mass is 422 g/mol. The molecular formula is C19H19FN2O4S2. The molecule has 0 amide bonds. The summed E-state index contributed by atoms with van der Waals surface area (Å²) in [5.41, 5.74) is 0.779. The van der Waals surface area contributed by atoms with Gasteiger partial charge in [-0.1, -0.05) is 26.0 Å². The minimum Gasteiger partial charge on any atom is -0.455 e. The molecule has 9 heteroatoms. The Bertz CT molecular complexity index is 1080. The van der Waals surface area contributed by atoms with Crippen LogP contribution in [-0.2, 0) is 21.4 Å². The third-order valence-corrected chi connectivity index (χ3v) is 7.23. The first kappa shape index (κ1) is 20.4. The molecule has 0 atom stereocenters. The maximum absolute atomic E-state index is 14.2. The Morgan fingerprint density at radius 2 is 1.89 bits per heavy atom. The van der Waals surface area contributed by atoms with Gasteiger partial charge in [-0.2, -0.15) is 4.31 Å². The summed E-state index contributed by atoms with van der Waals surface area (Å²) in [6.07, 6.45) is 0. The van der Waals surface area contributed by atoms with Crippen molar-refractivity contribution in [3.05, 3.63) is 58.9 Å². The Kier molecular flexibility index (Phi) is 6.07. The van der Waals surface area contributed by atoms with Gasteiger partial charge in [-0.15, -0.1) is 11.3 Å². The smallest absolute Gasteiger partial charge is 0.338 e. The largest absolute Gasteiger partial charge is 0.455 e. The summed E-state index contributed by atoms with van der Waals surface area (Å²) in [7, 11) is -4.03. The number of halogens is 1. The van der Waals surface area contributed by atoms with Gasteiger partial charge in [-0.25, -0.2) is 22.6 Å². The minimum absolute atomic E-state index is 0.0340. The van der Waals surface area contributed by atoms with Crippen LogP contribution < -0.4 is 0 Å². The number of fused-ring (bicyclic) bond motifs is 1. The Labute approximate surface area is 166 Å². The van der Waals surface area contributed by atoms with Crippen LogP contribution >= 0.6 is 11.3 Å². The topological polar surface area (TPSA) is 76.6 Å². The van der Waals surface area contributed by atoms with E-state index in [-0.39, 0.29) is 25.3 Å². The van der Waals surface area contributed by atoms with E-state index in [0.717, 1.165) is 26.7 Å². The number of benzene rings is 2. The third-order valence-electron chi connectivity index (χ3n) is 4.16. The molecule has 0 fully saturated rings. The summed E-state index contributed by atoms with van der Waals surface area (Å²) < 4.78 is 46.7. The van der Waals surface area contributed by atoms with E-state index >= 15 is 0 Å². The zero-order chi connectivity index (χ0) is 20.3. The average Bonchev–Trinajstić information content (AvgIpc) is 3.10. The molecule has 0 saturated heterocycles. The molecule has 0 N–H and O–H groups in total. The van der Waals surface area contributed by atoms with Crippen molar-refractivity contribution >= 4 is 37.5 Å². The van der Waals surface area contributed by atoms with Gasteiger partial charge in [0, 0.05) is 13.1 Å². The summed E-state index contributed by atoms with van der Waals surface area (Å²) in [5, 5.41) is 0.618. The second-order valence-corrected chi connectivity index (χ2v) is 8.91. The molecule has 0 spiro atoms. The maximum atomic E-state index is 14.2. The molecular weight excluding hydrogens is 403 g/mol. The molecule has 0 radical (unpaired) electrons. The van der Waals surface area contributed by atoms with Crippen molar-refractivity contribution in [2.45, 2.75) is 25.3 Å². The summed E-state index contributed by atoms with van der Waals surface area (Å²) in [4.78, 5) is 16.2. The van der Waals surface area contributed by atoms with Gasteiger partial charge in [0.25, 0.3) is 0 Å². The van der Waals surface area contributed by atoms with Crippen LogP contribution in [0.25, 0.3) is 10.2 Å². The van der Waals surface area contributed by atoms with E-state index in [1.165, 1.54) is 17.4 Å². The average molecular weight is 423 g/mol. The molecule has 1 aromatic heterocycles. The van der Waals surface area contributed by atoms with Crippen LogP contribution in [0, 0.1) is 5.82 Å². The number of thiazole rings is 1. The lowest BCUT2D eigenvalue weighted by molar-refractivity contribution is 0.0472. The number of ether oxygens (including phenoxy) is 1. The van der Waals surface area contributed by atoms with Crippen molar-refractivity contribution in [2.24, 2.45) is 0 Å². The highest BCUT2D eigenvalue weighted by Crippen LogP contribution is 2.24. The van der Waals surface area contributed by atoms with Crippen LogP contribution in [0.4, 0.5) is 4.39 Å². The van der Waals surface area contributed by atoms with Crippen molar-refractivity contribution in [2.75, 3.05) is 13.1 Å². The fourth-order valence-corrected chi connectivity index (χ4v) is 5.15. The molecule has 0 unspecified atom stereocenters. The number of aromatic nitrogens is 1. The molecule has 148 valence electrons. The van der Waals surface area contributed by atoms with Crippen molar-refractivity contribution in [1.82, 2.24) is 9.29 Å². The van der Waals surface area contributed by atoms with Crippen LogP contribution in [0.15, 0.2) is 47.4 Å². The van der Waals surface area contributed by atoms with Crippen molar-refractivity contribution < 1.29 is 22.3 Å². The standard InChI is InChI=1S/C19H19FN2O4S2/c1-3-22(4-2)28(24,25)17-11-13(9-10-14(17)20)19(23)26-12-18-21-15-7-5-6-8-16(15)27-18/h5-11H,3-4,12H2,1-2H3. The van der Waals surface area contributed by atoms with Gasteiger partial charge in [0.15, 0.2) is 0 Å². The van der Waals surface area contributed by atoms with Crippen molar-refractivity contribution in [1.29, 1.82) is 0 Å². The summed E-state index contributed by atoms with van der Waals surface area (Å²) >= 11 is 1.40. The number of rotatable bonds is 7. The fraction of sp³-hybridized carbons (Fsp3) is 0.263. The van der Waals surface area contributed by atoms with Gasteiger partial charge in [0.05, 0.1) is 15.8 Å². The molecule has 1 heterocycles. The van der Waals surface area contributed by atoms with Gasteiger partial charge < -0.3 is 4.74 Å². The Hall–Kier alpha value is -2.36. The molecule has 2 aromatic carbocycles. The SMILES string of the molecule is CCN(CC)S(=O)(=O)c1cc(C(=O)OCc2nc3ccccc3s2)ccc1F. The first-order valence-corrected chi connectivity index (χ1v) is 10.9. The molecule has 3 aromatic rings. The Balaban J connectivity index is 1.80. The summed E-state index contributed by atoms with van der Waals surface area (Å²) in [6.45, 7) is 3.67. The number of para-hydroxylation sites is 1. The highest BCUT2D eigenvalue weighted by molar-refractivity contribution is 7.89. The predicted molar refractivity (Wildman–Crippen MR) is 105 cm³/mol. The van der Waals surface area contributed by atoms with Gasteiger partial charge in [-0.05, 0) is 30.3 Å². The molecule has 3 rings (SSSR count). The van der Waals surface area contributed by atoms with E-state index in [2.05, 4.69) is 4.98 Å². The lowest BCUT2D eigenvalue weighted by Crippen LogP contribution is -2.31. The van der Waals surface area contributed by atoms with Crippen LogP contribution in [-0.4, -0.2) is 36.8 Å². The number of carbonyl (C=O) groups is 1. The zero-order valence-corrected chi connectivity index (χ0v) is 17.0. The van der Waals surface area contributed by atoms with E-state index in [1.54, 1.807) is 13.8 Å². The van der Waals surface area contributed by atoms with Crippen molar-refractivity contribution in [3.8, 4) is 0 Å². The second-order valence-electron chi connectivity index (χ2n) is 5.89. The van der Waals surface area contributed by atoms with E-state index in [9.17, 15) is 17.6 Å². The number of esters is 1. The Morgan fingerprint density at radius 1 is 1.18 bits per heavy atom. The number of hydrogen-bond donors (Lipinski definition) is 0. The molecule has 0 aliphatic heterocycles. The van der Waals surface area contributed by atoms with Crippen LogP contribution in [0.5, 0.6) is 0 Å². The minimum atomic E-state index is -4.03. The molecule has 0 aliphatic rings. The zero-order valence-electron chi connectivity index (χ0n) is 15.4. The first-order valence-electron chi connectivity index (χ1n) is 8.68. The Morgan fingerprint density at radius 3 is 2.57 bits per heavy atom. The molecule has 6 nitrogen and oxygen atoms in total. The molecule has 0 aliphatic carbocycles. The lowest BCUT2D eigenvalue weighted by Gasteiger charge is -2.19. The highest BCUT2D eigenvalue weighted by atomic mass is 32.2. The van der Waals surface area contributed by atoms with Crippen LogP contribution in [0.3, 0.4) is 0 Å². The number of nitrogens with zero attached hydrogens (tertiary/aromatic N) is 2. The van der Waals surface area contributed by atoms with E-state index < -0.39 is 26.7 Å². The van der Waals surface area contributed by atoms with Gasteiger partial charge in [-0.3, -0.25) is 0 Å². The van der Waals surface area contributed by atoms with Crippen LogP contribution in [0.2, 0.25) is 0 Å². The van der Waals surface area contributed by atoms with Gasteiger partial charge in [0.1, 0.15) is 22.3 Å². The molecule has 28 heavy (non-hydrogen) atoms. The summed E-state index contributed by atoms with van der Waals surface area (Å²) in [5.74, 6) is -1.65. The molecule has 0 bridgehead atoms. The van der Waals surface area contributed by atoms with Crippen molar-refractivity contribution in [3.63, 3.8) is 0 Å². The van der Waals surface area contributed by atoms with Gasteiger partial charge >= 0.3 is 5.97 Å². The van der Waals surface area contributed by atoms with E-state index in [0.29, 0.717) is 5.01 Å². The maximum Gasteiger partial charge on any atom is 0.338 e. The number of carbonyl (C=O) groups excluding carboxylic acids is 1. The van der Waals surface area contributed by atoms with E-state index in [4.69, 9.17) is 4.74 Å². The third kappa shape index (κ3) is 4.06. The summed E-state index contributed by atoms with van der Waals surface area (Å²) in [6, 6.07) is 10.7. The highest BCUT2D eigenvalue weighted by Gasteiger charge is 2.26. The number of hydrogen-bond acceptors (Lipinski definition) is 6. The lowest BCUT2D eigenvalue weighted by atomic mass is 10.2. The van der Waals surface area contributed by atoms with Crippen LogP contribution in [0.1, 0.15) is 29.2 Å². The molecule has 0 saturated carbocycles. The normalized spacial score (nSPS) is 11.9. The van der Waals surface area contributed by atoms with Gasteiger partial charge in [0.2, 0.25) is 10.0 Å².